The Labute approximate surface area is 139 Å². The van der Waals surface area contributed by atoms with E-state index in [9.17, 15) is 4.79 Å². The highest BCUT2D eigenvalue weighted by atomic mass is 35.5. The zero-order valence-electron chi connectivity index (χ0n) is 12.2. The molecule has 2 aliphatic rings. The number of halogens is 2. The first-order valence-electron chi connectivity index (χ1n) is 7.53. The maximum absolute atomic E-state index is 11.5. The molecule has 2 fully saturated rings. The molecule has 1 aromatic rings. The summed E-state index contributed by atoms with van der Waals surface area (Å²) in [6, 6.07) is 1.71. The lowest BCUT2D eigenvalue weighted by Crippen LogP contribution is -2.42. The molecule has 2 atom stereocenters. The number of aromatic nitrogens is 1. The summed E-state index contributed by atoms with van der Waals surface area (Å²) >= 11 is 12.1. The number of rotatable bonds is 3. The highest BCUT2D eigenvalue weighted by Gasteiger charge is 2.39. The van der Waals surface area contributed by atoms with E-state index < -0.39 is 0 Å². The Morgan fingerprint density at radius 2 is 2.05 bits per heavy atom. The van der Waals surface area contributed by atoms with Gasteiger partial charge in [-0.15, -0.1) is 0 Å². The zero-order valence-corrected chi connectivity index (χ0v) is 13.7. The van der Waals surface area contributed by atoms with Crippen LogP contribution in [0.1, 0.15) is 19.3 Å². The third-order valence-electron chi connectivity index (χ3n) is 4.59. The van der Waals surface area contributed by atoms with Crippen LogP contribution in [0.4, 0.5) is 5.82 Å². The normalized spacial score (nSPS) is 26.4. The second-order valence-electron chi connectivity index (χ2n) is 5.92. The number of amides is 1. The number of carbonyl (C=O) groups is 1. The molecule has 0 radical (unpaired) electrons. The molecule has 1 amide bonds. The monoisotopic (exact) mass is 343 g/mol. The number of carbonyl (C=O) groups excluding carboxylic acids is 1. The van der Waals surface area contributed by atoms with Gasteiger partial charge in [0.1, 0.15) is 5.82 Å². The molecule has 2 N–H and O–H groups in total. The quantitative estimate of drug-likeness (QED) is 0.915. The van der Waals surface area contributed by atoms with E-state index in [1.54, 1.807) is 12.3 Å². The first-order valence-corrected chi connectivity index (χ1v) is 8.29. The van der Waals surface area contributed by atoms with Crippen LogP contribution in [0.25, 0.3) is 0 Å². The van der Waals surface area contributed by atoms with Crippen molar-refractivity contribution >= 4 is 34.9 Å². The molecule has 0 aromatic carbocycles. The maximum atomic E-state index is 11.5. The van der Waals surface area contributed by atoms with Gasteiger partial charge in [-0.2, -0.15) is 0 Å². The third-order valence-corrected chi connectivity index (χ3v) is 5.08. The largest absolute Gasteiger partial charge is 0.377 e. The number of ether oxygens (including phenoxy) is 1. The lowest BCUT2D eigenvalue weighted by molar-refractivity contribution is -0.124. The Hall–Kier alpha value is -1.04. The van der Waals surface area contributed by atoms with Crippen LogP contribution >= 0.6 is 23.2 Å². The molecule has 7 heteroatoms. The van der Waals surface area contributed by atoms with Crippen molar-refractivity contribution in [2.75, 3.05) is 24.6 Å². The van der Waals surface area contributed by atoms with Crippen molar-refractivity contribution in [3.8, 4) is 0 Å². The fourth-order valence-corrected chi connectivity index (χ4v) is 3.96. The second-order valence-corrected chi connectivity index (χ2v) is 6.76. The van der Waals surface area contributed by atoms with Gasteiger partial charge in [-0.25, -0.2) is 4.98 Å². The minimum absolute atomic E-state index is 0.0340. The Morgan fingerprint density at radius 3 is 2.68 bits per heavy atom. The van der Waals surface area contributed by atoms with Gasteiger partial charge in [0.15, 0.2) is 0 Å². The first kappa shape index (κ1) is 15.8. The van der Waals surface area contributed by atoms with Crippen molar-refractivity contribution < 1.29 is 9.53 Å². The van der Waals surface area contributed by atoms with Crippen molar-refractivity contribution in [1.82, 2.24) is 4.98 Å². The van der Waals surface area contributed by atoms with Crippen LogP contribution in [0.15, 0.2) is 12.3 Å². The topological polar surface area (TPSA) is 68.5 Å². The Kier molecular flexibility index (Phi) is 4.76. The van der Waals surface area contributed by atoms with Crippen molar-refractivity contribution in [3.05, 3.63) is 22.3 Å². The van der Waals surface area contributed by atoms with E-state index in [1.807, 2.05) is 0 Å². The summed E-state index contributed by atoms with van der Waals surface area (Å²) in [5.41, 5.74) is 5.48. The van der Waals surface area contributed by atoms with Crippen LogP contribution in [0.2, 0.25) is 10.0 Å². The average Bonchev–Trinajstić information content (AvgIpc) is 2.97. The summed E-state index contributed by atoms with van der Waals surface area (Å²) in [5.74, 6) is 0.742. The van der Waals surface area contributed by atoms with Crippen molar-refractivity contribution in [2.45, 2.75) is 25.4 Å². The van der Waals surface area contributed by atoms with Crippen LogP contribution in [0.3, 0.4) is 0 Å². The lowest BCUT2D eigenvalue weighted by Gasteiger charge is -2.36. The van der Waals surface area contributed by atoms with E-state index in [0.29, 0.717) is 22.6 Å². The van der Waals surface area contributed by atoms with E-state index in [0.717, 1.165) is 38.2 Å². The van der Waals surface area contributed by atoms with Crippen molar-refractivity contribution in [1.29, 1.82) is 0 Å². The standard InChI is InChI=1S/C15H19Cl2N3O2/c16-10-7-12(17)15(19-8-10)20-4-1-9(2-5-20)13-11(14(18)21)3-6-22-13/h7-9,11,13H,1-6H2,(H2,18,21)/t11-,13+/m0/s1. The van der Waals surface area contributed by atoms with Crippen LogP contribution in [-0.2, 0) is 9.53 Å². The number of nitrogens with zero attached hydrogens (tertiary/aromatic N) is 2. The minimum Gasteiger partial charge on any atom is -0.377 e. The molecule has 0 unspecified atom stereocenters. The van der Waals surface area contributed by atoms with Gasteiger partial charge in [-0.05, 0) is 31.2 Å². The molecule has 2 aliphatic heterocycles. The molecule has 120 valence electrons. The fraction of sp³-hybridized carbons (Fsp3) is 0.600. The second kappa shape index (κ2) is 6.60. The molecule has 0 bridgehead atoms. The van der Waals surface area contributed by atoms with Gasteiger partial charge in [0.05, 0.1) is 22.1 Å². The van der Waals surface area contributed by atoms with Gasteiger partial charge in [-0.3, -0.25) is 4.79 Å². The summed E-state index contributed by atoms with van der Waals surface area (Å²) < 4.78 is 5.77. The molecule has 2 saturated heterocycles. The molecular weight excluding hydrogens is 325 g/mol. The lowest BCUT2D eigenvalue weighted by atomic mass is 9.84. The number of primary amides is 1. The van der Waals surface area contributed by atoms with E-state index in [1.165, 1.54) is 0 Å². The maximum Gasteiger partial charge on any atom is 0.223 e. The van der Waals surface area contributed by atoms with Gasteiger partial charge in [0.2, 0.25) is 5.91 Å². The molecule has 0 aliphatic carbocycles. The summed E-state index contributed by atoms with van der Waals surface area (Å²) in [6.07, 6.45) is 4.20. The molecule has 5 nitrogen and oxygen atoms in total. The summed E-state index contributed by atoms with van der Waals surface area (Å²) in [7, 11) is 0. The SMILES string of the molecule is NC(=O)[C@H]1CCO[C@@H]1C1CCN(c2ncc(Cl)cc2Cl)CC1. The zero-order chi connectivity index (χ0) is 15.7. The van der Waals surface area contributed by atoms with Crippen LogP contribution < -0.4 is 10.6 Å². The van der Waals surface area contributed by atoms with Crippen LogP contribution in [0.5, 0.6) is 0 Å². The average molecular weight is 344 g/mol. The minimum atomic E-state index is -0.243. The summed E-state index contributed by atoms with van der Waals surface area (Å²) in [4.78, 5) is 18.0. The Bertz CT molecular complexity index is 562. The van der Waals surface area contributed by atoms with Crippen LogP contribution in [-0.4, -0.2) is 36.7 Å². The molecule has 22 heavy (non-hydrogen) atoms. The molecule has 1 aromatic heterocycles. The summed E-state index contributed by atoms with van der Waals surface area (Å²) in [5, 5.41) is 1.10. The fourth-order valence-electron chi connectivity index (χ4n) is 3.46. The van der Waals surface area contributed by atoms with Crippen LogP contribution in [0, 0.1) is 11.8 Å². The predicted octanol–water partition coefficient (Wildman–Crippen LogP) is 2.50. The van der Waals surface area contributed by atoms with Gasteiger partial charge in [0, 0.05) is 25.9 Å². The van der Waals surface area contributed by atoms with Gasteiger partial charge < -0.3 is 15.4 Å². The molecule has 3 heterocycles. The smallest absolute Gasteiger partial charge is 0.223 e. The number of anilines is 1. The van der Waals surface area contributed by atoms with Gasteiger partial charge in [-0.1, -0.05) is 23.2 Å². The predicted molar refractivity (Wildman–Crippen MR) is 86.2 cm³/mol. The summed E-state index contributed by atoms with van der Waals surface area (Å²) in [6.45, 7) is 2.30. The highest BCUT2D eigenvalue weighted by Crippen LogP contribution is 2.35. The van der Waals surface area contributed by atoms with Gasteiger partial charge in [0.25, 0.3) is 0 Å². The molecule has 3 rings (SSSR count). The van der Waals surface area contributed by atoms with Gasteiger partial charge >= 0.3 is 0 Å². The Morgan fingerprint density at radius 1 is 1.32 bits per heavy atom. The first-order chi connectivity index (χ1) is 10.6. The number of nitrogens with two attached hydrogens (primary N) is 1. The number of hydrogen-bond donors (Lipinski definition) is 1. The number of pyridine rings is 1. The van der Waals surface area contributed by atoms with Crippen molar-refractivity contribution in [2.24, 2.45) is 17.6 Å². The highest BCUT2D eigenvalue weighted by molar-refractivity contribution is 6.36. The third kappa shape index (κ3) is 3.16. The Balaban J connectivity index is 1.64. The van der Waals surface area contributed by atoms with E-state index in [4.69, 9.17) is 33.7 Å². The van der Waals surface area contributed by atoms with E-state index >= 15 is 0 Å². The molecule has 0 saturated carbocycles. The number of piperidine rings is 1. The van der Waals surface area contributed by atoms with Crippen molar-refractivity contribution in [3.63, 3.8) is 0 Å². The van der Waals surface area contributed by atoms with E-state index in [-0.39, 0.29) is 17.9 Å². The van der Waals surface area contributed by atoms with E-state index in [2.05, 4.69) is 9.88 Å². The number of hydrogen-bond acceptors (Lipinski definition) is 4. The molecule has 0 spiro atoms. The molecular formula is C15H19Cl2N3O2.